The van der Waals surface area contributed by atoms with Gasteiger partial charge >= 0.3 is 5.69 Å². The van der Waals surface area contributed by atoms with Crippen LogP contribution in [0.3, 0.4) is 0 Å². The summed E-state index contributed by atoms with van der Waals surface area (Å²) >= 11 is 0. The monoisotopic (exact) mass is 406 g/mol. The lowest BCUT2D eigenvalue weighted by Crippen LogP contribution is -2.30. The van der Waals surface area contributed by atoms with Crippen LogP contribution < -0.4 is 11.0 Å². The first-order valence-electron chi connectivity index (χ1n) is 10.8. The standard InChI is InChI=1S/C22H26N6O2/c29-21(15-28-22(30)27-13-4-1-2-7-20(27)25-28)23-17-10-8-16(9-11-17)18-14-26-12-5-3-6-19(26)24-18/h8-11,14H,1-7,12-13,15H2,(H,23,29). The molecule has 1 aromatic carbocycles. The third kappa shape index (κ3) is 3.69. The van der Waals surface area contributed by atoms with E-state index in [1.165, 1.54) is 17.5 Å². The Morgan fingerprint density at radius 3 is 2.57 bits per heavy atom. The van der Waals surface area contributed by atoms with Gasteiger partial charge < -0.3 is 9.88 Å². The van der Waals surface area contributed by atoms with Crippen molar-refractivity contribution in [2.75, 3.05) is 5.32 Å². The van der Waals surface area contributed by atoms with Gasteiger partial charge in [0.25, 0.3) is 0 Å². The first-order chi connectivity index (χ1) is 14.7. The lowest BCUT2D eigenvalue weighted by Gasteiger charge is -2.11. The Balaban J connectivity index is 1.26. The van der Waals surface area contributed by atoms with Crippen LogP contribution in [-0.2, 0) is 37.3 Å². The van der Waals surface area contributed by atoms with Crippen LogP contribution in [-0.4, -0.2) is 29.8 Å². The van der Waals surface area contributed by atoms with Gasteiger partial charge in [0.1, 0.15) is 18.2 Å². The van der Waals surface area contributed by atoms with Gasteiger partial charge in [0.05, 0.1) is 5.69 Å². The van der Waals surface area contributed by atoms with Gasteiger partial charge in [0.2, 0.25) is 5.91 Å². The Morgan fingerprint density at radius 1 is 0.967 bits per heavy atom. The normalized spacial score (nSPS) is 15.9. The van der Waals surface area contributed by atoms with Gasteiger partial charge in [0.15, 0.2) is 0 Å². The average molecular weight is 406 g/mol. The third-order valence-corrected chi connectivity index (χ3v) is 5.95. The van der Waals surface area contributed by atoms with E-state index in [1.807, 2.05) is 24.3 Å². The average Bonchev–Trinajstić information content (AvgIpc) is 3.21. The summed E-state index contributed by atoms with van der Waals surface area (Å²) in [6, 6.07) is 7.68. The number of carbonyl (C=O) groups is 1. The summed E-state index contributed by atoms with van der Waals surface area (Å²) in [6.45, 7) is 1.65. The number of nitrogens with zero attached hydrogens (tertiary/aromatic N) is 5. The Labute approximate surface area is 174 Å². The van der Waals surface area contributed by atoms with Gasteiger partial charge in [-0.15, -0.1) is 0 Å². The van der Waals surface area contributed by atoms with Gasteiger partial charge in [0, 0.05) is 43.4 Å². The second-order valence-electron chi connectivity index (χ2n) is 8.14. The van der Waals surface area contributed by atoms with Gasteiger partial charge in [-0.25, -0.2) is 14.5 Å². The number of hydrogen-bond donors (Lipinski definition) is 1. The van der Waals surface area contributed by atoms with Crippen molar-refractivity contribution in [3.63, 3.8) is 0 Å². The van der Waals surface area contributed by atoms with Crippen molar-refractivity contribution < 1.29 is 4.79 Å². The van der Waals surface area contributed by atoms with Crippen LogP contribution in [0, 0.1) is 0 Å². The largest absolute Gasteiger partial charge is 0.346 e. The Hall–Kier alpha value is -3.16. The topological polar surface area (TPSA) is 86.7 Å². The van der Waals surface area contributed by atoms with Crippen molar-refractivity contribution in [3.05, 3.63) is 52.6 Å². The zero-order valence-electron chi connectivity index (χ0n) is 17.0. The molecule has 0 saturated heterocycles. The molecule has 4 heterocycles. The van der Waals surface area contributed by atoms with E-state index in [0.717, 1.165) is 61.6 Å². The molecule has 2 aliphatic rings. The number of fused-ring (bicyclic) bond motifs is 2. The molecule has 0 atom stereocenters. The number of anilines is 1. The summed E-state index contributed by atoms with van der Waals surface area (Å²) < 4.78 is 5.22. The first kappa shape index (κ1) is 18.8. The lowest BCUT2D eigenvalue weighted by atomic mass is 10.1. The molecule has 0 radical (unpaired) electrons. The fourth-order valence-corrected chi connectivity index (χ4v) is 4.34. The van der Waals surface area contributed by atoms with E-state index >= 15 is 0 Å². The summed E-state index contributed by atoms with van der Waals surface area (Å²) in [5.41, 5.74) is 2.50. The molecule has 8 nitrogen and oxygen atoms in total. The molecule has 1 amide bonds. The molecule has 0 bridgehead atoms. The molecule has 0 unspecified atom stereocenters. The van der Waals surface area contributed by atoms with Crippen molar-refractivity contribution >= 4 is 11.6 Å². The molecule has 0 spiro atoms. The third-order valence-electron chi connectivity index (χ3n) is 5.95. The summed E-state index contributed by atoms with van der Waals surface area (Å²) in [7, 11) is 0. The first-order valence-corrected chi connectivity index (χ1v) is 10.8. The summed E-state index contributed by atoms with van der Waals surface area (Å²) in [5.74, 6) is 1.69. The number of aryl methyl sites for hydroxylation is 3. The number of amides is 1. The predicted octanol–water partition coefficient (Wildman–Crippen LogP) is 2.61. The fraction of sp³-hybridized carbons (Fsp3) is 0.455. The van der Waals surface area contributed by atoms with Crippen LogP contribution in [0.15, 0.2) is 35.3 Å². The number of rotatable bonds is 4. The number of imidazole rings is 1. The van der Waals surface area contributed by atoms with E-state index < -0.39 is 0 Å². The molecule has 0 saturated carbocycles. The highest BCUT2D eigenvalue weighted by Gasteiger charge is 2.17. The highest BCUT2D eigenvalue weighted by molar-refractivity contribution is 5.90. The predicted molar refractivity (Wildman–Crippen MR) is 113 cm³/mol. The summed E-state index contributed by atoms with van der Waals surface area (Å²) in [4.78, 5) is 29.7. The number of benzene rings is 1. The van der Waals surface area contributed by atoms with Crippen molar-refractivity contribution in [1.82, 2.24) is 23.9 Å². The number of hydrogen-bond acceptors (Lipinski definition) is 4. The second kappa shape index (κ2) is 7.93. The summed E-state index contributed by atoms with van der Waals surface area (Å²) in [5, 5.41) is 7.24. The molecule has 0 aliphatic carbocycles. The van der Waals surface area contributed by atoms with Crippen molar-refractivity contribution in [2.24, 2.45) is 0 Å². The van der Waals surface area contributed by atoms with Gasteiger partial charge in [-0.2, -0.15) is 5.10 Å². The van der Waals surface area contributed by atoms with Crippen LogP contribution >= 0.6 is 0 Å². The van der Waals surface area contributed by atoms with Crippen LogP contribution in [0.2, 0.25) is 0 Å². The quantitative estimate of drug-likeness (QED) is 0.722. The maximum atomic E-state index is 12.5. The van der Waals surface area contributed by atoms with E-state index in [4.69, 9.17) is 4.98 Å². The molecule has 156 valence electrons. The number of aromatic nitrogens is 5. The highest BCUT2D eigenvalue weighted by atomic mass is 16.2. The van der Waals surface area contributed by atoms with Gasteiger partial charge in [-0.3, -0.25) is 9.36 Å². The Kier molecular flexibility index (Phi) is 4.98. The van der Waals surface area contributed by atoms with E-state index in [0.29, 0.717) is 12.2 Å². The molecule has 2 aromatic heterocycles. The minimum atomic E-state index is -0.254. The lowest BCUT2D eigenvalue weighted by molar-refractivity contribution is -0.117. The molecule has 1 N–H and O–H groups in total. The maximum absolute atomic E-state index is 12.5. The van der Waals surface area contributed by atoms with E-state index in [9.17, 15) is 9.59 Å². The van der Waals surface area contributed by atoms with Gasteiger partial charge in [-0.1, -0.05) is 18.6 Å². The molecule has 3 aromatic rings. The molecule has 0 fully saturated rings. The van der Waals surface area contributed by atoms with Crippen LogP contribution in [0.1, 0.15) is 43.8 Å². The van der Waals surface area contributed by atoms with E-state index in [-0.39, 0.29) is 18.1 Å². The Morgan fingerprint density at radius 2 is 1.73 bits per heavy atom. The zero-order chi connectivity index (χ0) is 20.5. The molecular weight excluding hydrogens is 380 g/mol. The van der Waals surface area contributed by atoms with Crippen molar-refractivity contribution in [3.8, 4) is 11.3 Å². The van der Waals surface area contributed by atoms with Crippen LogP contribution in [0.4, 0.5) is 5.69 Å². The Bertz CT molecular complexity index is 1100. The smallest absolute Gasteiger partial charge is 0.334 e. The zero-order valence-corrected chi connectivity index (χ0v) is 17.0. The second-order valence-corrected chi connectivity index (χ2v) is 8.14. The van der Waals surface area contributed by atoms with Crippen LogP contribution in [0.5, 0.6) is 0 Å². The molecular formula is C22H26N6O2. The summed E-state index contributed by atoms with van der Waals surface area (Å²) in [6.07, 6.45) is 9.47. The van der Waals surface area contributed by atoms with Crippen molar-refractivity contribution in [1.29, 1.82) is 0 Å². The highest BCUT2D eigenvalue weighted by Crippen LogP contribution is 2.24. The van der Waals surface area contributed by atoms with E-state index in [1.54, 1.807) is 4.57 Å². The van der Waals surface area contributed by atoms with Crippen molar-refractivity contribution in [2.45, 2.75) is 64.6 Å². The number of carbonyl (C=O) groups excluding carboxylic acids is 1. The minimum absolute atomic E-state index is 0.0750. The molecule has 5 rings (SSSR count). The van der Waals surface area contributed by atoms with Gasteiger partial charge in [-0.05, 0) is 37.8 Å². The molecule has 30 heavy (non-hydrogen) atoms. The maximum Gasteiger partial charge on any atom is 0.346 e. The van der Waals surface area contributed by atoms with E-state index in [2.05, 4.69) is 21.2 Å². The molecule has 8 heteroatoms. The molecule has 2 aliphatic heterocycles. The minimum Gasteiger partial charge on any atom is -0.334 e. The van der Waals surface area contributed by atoms with Crippen LogP contribution in [0.25, 0.3) is 11.3 Å². The fourth-order valence-electron chi connectivity index (χ4n) is 4.34. The number of nitrogens with one attached hydrogen (secondary N) is 1. The SMILES string of the molecule is O=C(Cn1nc2n(c1=O)CCCCC2)Nc1ccc(-c2cn3c(n2)CCCC3)cc1.